The van der Waals surface area contributed by atoms with Crippen LogP contribution in [0.5, 0.6) is 0 Å². The summed E-state index contributed by atoms with van der Waals surface area (Å²) in [6.07, 6.45) is 4.09. The Morgan fingerprint density at radius 1 is 0.800 bits per heavy atom. The van der Waals surface area contributed by atoms with Crippen LogP contribution in [0.2, 0.25) is 0 Å². The van der Waals surface area contributed by atoms with Crippen molar-refractivity contribution in [2.24, 2.45) is 0 Å². The lowest BCUT2D eigenvalue weighted by atomic mass is 10.1. The van der Waals surface area contributed by atoms with Gasteiger partial charge in [-0.2, -0.15) is 0 Å². The number of benzene rings is 2. The summed E-state index contributed by atoms with van der Waals surface area (Å²) >= 11 is 3.34. The van der Waals surface area contributed by atoms with E-state index in [4.69, 9.17) is 0 Å². The molecule has 1 fully saturated rings. The van der Waals surface area contributed by atoms with Crippen molar-refractivity contribution in [3.8, 4) is 0 Å². The molecule has 3 rings (SSSR count). The van der Waals surface area contributed by atoms with E-state index in [0.29, 0.717) is 0 Å². The van der Waals surface area contributed by atoms with E-state index in [-0.39, 0.29) is 30.1 Å². The summed E-state index contributed by atoms with van der Waals surface area (Å²) in [7, 11) is 0. The molecule has 2 unspecified atom stereocenters. The van der Waals surface area contributed by atoms with Crippen molar-refractivity contribution < 1.29 is 9.59 Å². The van der Waals surface area contributed by atoms with Crippen molar-refractivity contribution in [2.75, 3.05) is 23.7 Å². The molecule has 194 valence electrons. The first-order valence-electron chi connectivity index (χ1n) is 12.3. The van der Waals surface area contributed by atoms with E-state index in [2.05, 4.69) is 38.4 Å². The van der Waals surface area contributed by atoms with Gasteiger partial charge in [0.25, 0.3) is 0 Å². The molecule has 1 heterocycles. The summed E-state index contributed by atoms with van der Waals surface area (Å²) in [5.41, 5.74) is 6.36. The van der Waals surface area contributed by atoms with Gasteiger partial charge in [-0.15, -0.1) is 0 Å². The van der Waals surface area contributed by atoms with Gasteiger partial charge in [0.05, 0.1) is 10.9 Å². The number of carbonyl (C=O) groups excluding carboxylic acids is 2. The van der Waals surface area contributed by atoms with Gasteiger partial charge in [0, 0.05) is 11.4 Å². The second-order valence-electron chi connectivity index (χ2n) is 9.06. The summed E-state index contributed by atoms with van der Waals surface area (Å²) in [4.78, 5) is 26.4. The Balaban J connectivity index is 0.000000350. The number of rotatable bonds is 7. The Bertz CT molecular complexity index is 930. The molecule has 2 amide bonds. The maximum atomic E-state index is 12.5. The molecule has 2 aromatic rings. The smallest absolute Gasteiger partial charge is 0.241 e. The number of carbonyl (C=O) groups is 2. The maximum Gasteiger partial charge on any atom is 0.241 e. The molecule has 0 aromatic heterocycles. The van der Waals surface area contributed by atoms with Crippen molar-refractivity contribution in [3.63, 3.8) is 0 Å². The van der Waals surface area contributed by atoms with Gasteiger partial charge in [-0.05, 0) is 88.7 Å². The Hall–Kier alpha value is -2.18. The Morgan fingerprint density at radius 3 is 1.57 bits per heavy atom. The number of hydrogen-bond acceptors (Lipinski definition) is 3. The van der Waals surface area contributed by atoms with Crippen molar-refractivity contribution in [3.05, 3.63) is 58.7 Å². The first-order chi connectivity index (χ1) is 16.2. The molecule has 0 aliphatic carbocycles. The van der Waals surface area contributed by atoms with Gasteiger partial charge in [-0.25, -0.2) is 0 Å². The quantitative estimate of drug-likeness (QED) is 0.362. The lowest BCUT2D eigenvalue weighted by Gasteiger charge is -2.26. The summed E-state index contributed by atoms with van der Waals surface area (Å²) in [5.74, 6) is 0.164. The van der Waals surface area contributed by atoms with Gasteiger partial charge in [-0.3, -0.25) is 14.5 Å². The van der Waals surface area contributed by atoms with Gasteiger partial charge >= 0.3 is 0 Å². The summed E-state index contributed by atoms with van der Waals surface area (Å²) < 4.78 is 0. The Morgan fingerprint density at radius 2 is 1.20 bits per heavy atom. The van der Waals surface area contributed by atoms with Crippen LogP contribution in [0.4, 0.5) is 11.4 Å². The van der Waals surface area contributed by atoms with Crippen LogP contribution in [0, 0.1) is 27.7 Å². The number of hydrogen-bond donors (Lipinski definition) is 2. The minimum absolute atomic E-state index is 0. The molecule has 2 atom stereocenters. The molecule has 0 radical (unpaired) electrons. The third-order valence-electron chi connectivity index (χ3n) is 6.37. The molecule has 6 heteroatoms. The normalized spacial score (nSPS) is 14.7. The van der Waals surface area contributed by atoms with Gasteiger partial charge in [-0.1, -0.05) is 73.6 Å². The molecule has 2 aromatic carbocycles. The van der Waals surface area contributed by atoms with Gasteiger partial charge < -0.3 is 10.6 Å². The zero-order valence-electron chi connectivity index (χ0n) is 21.5. The van der Waals surface area contributed by atoms with Crippen LogP contribution in [0.3, 0.4) is 0 Å². The first kappa shape index (κ1) is 30.9. The second kappa shape index (κ2) is 15.0. The highest BCUT2D eigenvalue weighted by Gasteiger charge is 2.27. The van der Waals surface area contributed by atoms with E-state index in [1.54, 1.807) is 0 Å². The molecule has 1 saturated heterocycles. The highest BCUT2D eigenvalue weighted by atomic mass is 79.9. The van der Waals surface area contributed by atoms with Crippen molar-refractivity contribution >= 4 is 39.1 Å². The third-order valence-corrected chi connectivity index (χ3v) is 7.44. The molecule has 1 aliphatic rings. The number of aryl methyl sites for hydroxylation is 4. The second-order valence-corrected chi connectivity index (χ2v) is 10.2. The average Bonchev–Trinajstić information content (AvgIpc) is 3.33. The van der Waals surface area contributed by atoms with Crippen molar-refractivity contribution in [2.45, 2.75) is 85.5 Å². The zero-order chi connectivity index (χ0) is 25.3. The summed E-state index contributed by atoms with van der Waals surface area (Å²) in [5, 5.41) is 6.07. The predicted molar refractivity (Wildman–Crippen MR) is 154 cm³/mol. The van der Waals surface area contributed by atoms with E-state index in [0.717, 1.165) is 59.6 Å². The number of halogens is 1. The lowest BCUT2D eigenvalue weighted by Crippen LogP contribution is -2.42. The number of amides is 2. The molecular weight excluding hydrogens is 502 g/mol. The molecule has 0 saturated carbocycles. The van der Waals surface area contributed by atoms with E-state index in [1.165, 1.54) is 12.8 Å². The molecular formula is C29H44BrN3O2. The molecule has 35 heavy (non-hydrogen) atoms. The number of alkyl halides is 1. The highest BCUT2D eigenvalue weighted by Crippen LogP contribution is 2.22. The number of likely N-dealkylation sites (tertiary alicyclic amines) is 1. The highest BCUT2D eigenvalue weighted by molar-refractivity contribution is 9.10. The van der Waals surface area contributed by atoms with Crippen LogP contribution in [-0.2, 0) is 9.59 Å². The van der Waals surface area contributed by atoms with E-state index in [1.807, 2.05) is 71.0 Å². The number of nitrogens with zero attached hydrogens (tertiary/aromatic N) is 1. The maximum absolute atomic E-state index is 12.5. The minimum Gasteiger partial charge on any atom is -0.325 e. The molecule has 1 aliphatic heterocycles. The topological polar surface area (TPSA) is 61.4 Å². The predicted octanol–water partition coefficient (Wildman–Crippen LogP) is 7.17. The van der Waals surface area contributed by atoms with E-state index in [9.17, 15) is 9.59 Å². The Labute approximate surface area is 221 Å². The average molecular weight is 547 g/mol. The fraction of sp³-hybridized carbons (Fsp3) is 0.517. The van der Waals surface area contributed by atoms with Gasteiger partial charge in [0.2, 0.25) is 11.8 Å². The van der Waals surface area contributed by atoms with Crippen molar-refractivity contribution in [1.29, 1.82) is 0 Å². The molecule has 5 nitrogen and oxygen atoms in total. The van der Waals surface area contributed by atoms with Gasteiger partial charge in [0.15, 0.2) is 0 Å². The Kier molecular flexibility index (Phi) is 13.3. The SMILES string of the molecule is C.CCC(Br)C(=O)Nc1c(C)cccc1C.CCC(C(=O)Nc1c(C)cccc1C)N1CCCC1. The largest absolute Gasteiger partial charge is 0.325 e. The van der Waals surface area contributed by atoms with Crippen molar-refractivity contribution in [1.82, 2.24) is 4.90 Å². The van der Waals surface area contributed by atoms with E-state index < -0.39 is 0 Å². The summed E-state index contributed by atoms with van der Waals surface area (Å²) in [6, 6.07) is 12.1. The third kappa shape index (κ3) is 8.76. The standard InChI is InChI=1S/C16H24N2O.C12H16BrNO.CH4/c1-4-14(18-10-5-6-11-18)16(19)17-15-12(2)8-7-9-13(15)3;1-4-10(13)12(15)14-11-8(2)6-5-7-9(11)3;/h7-9,14H,4-6,10-11H2,1-3H3,(H,17,19);5-7,10H,4H2,1-3H3,(H,14,15);1H4. The molecule has 2 N–H and O–H groups in total. The van der Waals surface area contributed by atoms with Crippen LogP contribution in [0.15, 0.2) is 36.4 Å². The van der Waals surface area contributed by atoms with Crippen LogP contribution < -0.4 is 10.6 Å². The molecule has 0 spiro atoms. The lowest BCUT2D eigenvalue weighted by molar-refractivity contribution is -0.121. The van der Waals surface area contributed by atoms with E-state index >= 15 is 0 Å². The fourth-order valence-corrected chi connectivity index (χ4v) is 4.39. The van der Waals surface area contributed by atoms with Crippen LogP contribution in [-0.4, -0.2) is 40.7 Å². The van der Waals surface area contributed by atoms with Crippen LogP contribution >= 0.6 is 15.9 Å². The fourth-order valence-electron chi connectivity index (χ4n) is 4.28. The number of para-hydroxylation sites is 2. The molecule has 0 bridgehead atoms. The number of nitrogens with one attached hydrogen (secondary N) is 2. The van der Waals surface area contributed by atoms with Gasteiger partial charge in [0.1, 0.15) is 0 Å². The zero-order valence-corrected chi connectivity index (χ0v) is 23.1. The summed E-state index contributed by atoms with van der Waals surface area (Å²) in [6.45, 7) is 14.3. The minimum atomic E-state index is -0.114. The first-order valence-corrected chi connectivity index (χ1v) is 13.2. The van der Waals surface area contributed by atoms with Crippen LogP contribution in [0.25, 0.3) is 0 Å². The van der Waals surface area contributed by atoms with Crippen LogP contribution in [0.1, 0.15) is 69.2 Å². The number of anilines is 2. The monoisotopic (exact) mass is 545 g/mol.